The molecule has 1 unspecified atom stereocenters. The summed E-state index contributed by atoms with van der Waals surface area (Å²) < 4.78 is 2.16. The molecule has 1 aliphatic carbocycles. The summed E-state index contributed by atoms with van der Waals surface area (Å²) in [5.74, 6) is 0. The van der Waals surface area contributed by atoms with Crippen LogP contribution < -0.4 is 0 Å². The van der Waals surface area contributed by atoms with Crippen molar-refractivity contribution < 1.29 is 5.11 Å². The molecule has 182 valence electrons. The molecule has 1 aliphatic rings. The first-order chi connectivity index (χ1) is 18.0. The number of hydrogen-bond donors (Lipinski definition) is 1. The van der Waals surface area contributed by atoms with Gasteiger partial charge in [-0.3, -0.25) is 0 Å². The minimum atomic E-state index is -1.25. The summed E-state index contributed by atoms with van der Waals surface area (Å²) in [6, 6.07) is 37.8. The minimum Gasteiger partial charge on any atom is -0.379 e. The number of benzene rings is 4. The predicted octanol–water partition coefficient (Wildman–Crippen LogP) is 6.94. The van der Waals surface area contributed by atoms with Crippen LogP contribution in [0.2, 0.25) is 0 Å². The van der Waals surface area contributed by atoms with Crippen molar-refractivity contribution in [2.75, 3.05) is 0 Å². The zero-order valence-corrected chi connectivity index (χ0v) is 21.2. The fraction of sp³-hybridized carbons (Fsp3) is 0.147. The molecule has 4 aromatic carbocycles. The fourth-order valence-electron chi connectivity index (χ4n) is 5.88. The Bertz CT molecular complexity index is 1470. The van der Waals surface area contributed by atoms with Crippen LogP contribution in [-0.2, 0) is 17.6 Å². The summed E-state index contributed by atoms with van der Waals surface area (Å²) in [5.41, 5.74) is 6.64. The Morgan fingerprint density at radius 2 is 1.27 bits per heavy atom. The number of rotatable bonds is 6. The van der Waals surface area contributed by atoms with Gasteiger partial charge in [0.1, 0.15) is 11.1 Å². The minimum absolute atomic E-state index is 0.623. The van der Waals surface area contributed by atoms with Crippen LogP contribution in [0.5, 0.6) is 0 Å². The molecule has 6 rings (SSSR count). The number of allylic oxidation sites excluding steroid dienone is 2. The number of nitrogens with zero attached hydrogens (tertiary/aromatic N) is 2. The lowest BCUT2D eigenvalue weighted by Crippen LogP contribution is -2.37. The molecule has 1 heterocycles. The van der Waals surface area contributed by atoms with Gasteiger partial charge in [0.15, 0.2) is 0 Å². The summed E-state index contributed by atoms with van der Waals surface area (Å²) in [4.78, 5) is 4.85. The normalized spacial score (nSPS) is 14.6. The molecule has 3 heteroatoms. The maximum atomic E-state index is 12.0. The average Bonchev–Trinajstić information content (AvgIpc) is 3.59. The van der Waals surface area contributed by atoms with E-state index in [2.05, 4.69) is 96.4 Å². The molecular weight excluding hydrogens is 452 g/mol. The lowest BCUT2D eigenvalue weighted by Gasteiger charge is -2.37. The van der Waals surface area contributed by atoms with E-state index in [4.69, 9.17) is 4.98 Å². The first-order valence-corrected chi connectivity index (χ1v) is 12.8. The van der Waals surface area contributed by atoms with E-state index in [-0.39, 0.29) is 0 Å². The molecule has 37 heavy (non-hydrogen) atoms. The van der Waals surface area contributed by atoms with Crippen molar-refractivity contribution in [1.82, 2.24) is 9.55 Å². The zero-order chi connectivity index (χ0) is 25.5. The predicted molar refractivity (Wildman–Crippen MR) is 149 cm³/mol. The van der Waals surface area contributed by atoms with E-state index in [1.54, 1.807) is 0 Å². The summed E-state index contributed by atoms with van der Waals surface area (Å²) in [5, 5.41) is 12.0. The highest BCUT2D eigenvalue weighted by atomic mass is 16.3. The molecule has 0 bridgehead atoms. The van der Waals surface area contributed by atoms with Crippen LogP contribution in [0.1, 0.15) is 52.9 Å². The van der Waals surface area contributed by atoms with Crippen molar-refractivity contribution >= 4 is 5.57 Å². The topological polar surface area (TPSA) is 38.0 Å². The molecule has 0 amide bonds. The number of hydrogen-bond acceptors (Lipinski definition) is 2. The molecule has 0 radical (unpaired) electrons. The smallest absolute Gasteiger partial charge is 0.130 e. The molecule has 0 spiro atoms. The lowest BCUT2D eigenvalue weighted by molar-refractivity contribution is 0.0968. The standard InChI is InChI=1S/C34H30N2O/c1-25-21-22-30-29(25)19-12-20-31(30)33(2,37)32-23-36(24-35-32)34(26-13-6-3-7-14-26,27-15-8-4-9-16-27)28-17-10-5-11-18-28/h3-21,23-24,37H,22H2,1-2H3. The van der Waals surface area contributed by atoms with Gasteiger partial charge in [-0.1, -0.05) is 115 Å². The molecule has 0 saturated carbocycles. The third-order valence-corrected chi connectivity index (χ3v) is 7.78. The highest BCUT2D eigenvalue weighted by Crippen LogP contribution is 2.43. The Balaban J connectivity index is 1.58. The maximum absolute atomic E-state index is 12.0. The van der Waals surface area contributed by atoms with Gasteiger partial charge < -0.3 is 9.67 Å². The highest BCUT2D eigenvalue weighted by molar-refractivity contribution is 5.73. The van der Waals surface area contributed by atoms with Gasteiger partial charge in [0.25, 0.3) is 0 Å². The van der Waals surface area contributed by atoms with Gasteiger partial charge in [-0.25, -0.2) is 4.98 Å². The van der Waals surface area contributed by atoms with Crippen LogP contribution in [-0.4, -0.2) is 14.7 Å². The van der Waals surface area contributed by atoms with Gasteiger partial charge in [0, 0.05) is 6.20 Å². The second kappa shape index (κ2) is 9.02. The van der Waals surface area contributed by atoms with Gasteiger partial charge in [0.05, 0.1) is 12.0 Å². The van der Waals surface area contributed by atoms with Crippen molar-refractivity contribution in [3.8, 4) is 0 Å². The average molecular weight is 483 g/mol. The van der Waals surface area contributed by atoms with Gasteiger partial charge in [-0.15, -0.1) is 0 Å². The van der Waals surface area contributed by atoms with Crippen LogP contribution >= 0.6 is 0 Å². The molecule has 1 atom stereocenters. The van der Waals surface area contributed by atoms with Crippen molar-refractivity contribution in [2.45, 2.75) is 31.4 Å². The quantitative estimate of drug-likeness (QED) is 0.266. The van der Waals surface area contributed by atoms with Gasteiger partial charge >= 0.3 is 0 Å². The van der Waals surface area contributed by atoms with Crippen molar-refractivity contribution in [1.29, 1.82) is 0 Å². The molecule has 3 nitrogen and oxygen atoms in total. The zero-order valence-electron chi connectivity index (χ0n) is 21.2. The Kier molecular flexibility index (Phi) is 5.66. The molecule has 0 fully saturated rings. The summed E-state index contributed by atoms with van der Waals surface area (Å²) in [6.07, 6.45) is 6.94. The molecule has 0 saturated heterocycles. The fourth-order valence-corrected chi connectivity index (χ4v) is 5.88. The largest absolute Gasteiger partial charge is 0.379 e. The Labute approximate surface area is 218 Å². The SMILES string of the molecule is CC1=CCc2c1cccc2C(C)(O)c1cn(C(c2ccccc2)(c2ccccc2)c2ccccc2)cn1. The van der Waals surface area contributed by atoms with Crippen LogP contribution in [0, 0.1) is 0 Å². The van der Waals surface area contributed by atoms with Crippen molar-refractivity contribution in [2.24, 2.45) is 0 Å². The van der Waals surface area contributed by atoms with Crippen molar-refractivity contribution in [3.63, 3.8) is 0 Å². The van der Waals surface area contributed by atoms with E-state index in [0.29, 0.717) is 5.69 Å². The number of fused-ring (bicyclic) bond motifs is 1. The molecule has 0 aliphatic heterocycles. The van der Waals surface area contributed by atoms with E-state index in [1.165, 1.54) is 16.7 Å². The molecular formula is C34H30N2O. The van der Waals surface area contributed by atoms with Crippen LogP contribution in [0.4, 0.5) is 0 Å². The Morgan fingerprint density at radius 1 is 0.730 bits per heavy atom. The second-order valence-electron chi connectivity index (χ2n) is 9.97. The van der Waals surface area contributed by atoms with Crippen LogP contribution in [0.15, 0.2) is 128 Å². The van der Waals surface area contributed by atoms with Crippen molar-refractivity contribution in [3.05, 3.63) is 167 Å². The van der Waals surface area contributed by atoms with Gasteiger partial charge in [-0.2, -0.15) is 0 Å². The first-order valence-electron chi connectivity index (χ1n) is 12.8. The Morgan fingerprint density at radius 3 is 1.81 bits per heavy atom. The second-order valence-corrected chi connectivity index (χ2v) is 9.97. The van der Waals surface area contributed by atoms with E-state index in [1.807, 2.05) is 49.8 Å². The maximum Gasteiger partial charge on any atom is 0.130 e. The Hall–Kier alpha value is -4.21. The summed E-state index contributed by atoms with van der Waals surface area (Å²) in [6.45, 7) is 3.99. The summed E-state index contributed by atoms with van der Waals surface area (Å²) in [7, 11) is 0. The molecule has 1 N–H and O–H groups in total. The molecule has 5 aromatic rings. The van der Waals surface area contributed by atoms with Crippen LogP contribution in [0.25, 0.3) is 5.57 Å². The van der Waals surface area contributed by atoms with Gasteiger partial charge in [-0.05, 0) is 59.2 Å². The molecule has 1 aromatic heterocycles. The first kappa shape index (κ1) is 23.2. The van der Waals surface area contributed by atoms with E-state index in [0.717, 1.165) is 28.7 Å². The monoisotopic (exact) mass is 482 g/mol. The van der Waals surface area contributed by atoms with E-state index in [9.17, 15) is 5.11 Å². The third kappa shape index (κ3) is 3.66. The number of aliphatic hydroxyl groups is 1. The lowest BCUT2D eigenvalue weighted by atomic mass is 9.76. The number of aromatic nitrogens is 2. The van der Waals surface area contributed by atoms with E-state index >= 15 is 0 Å². The van der Waals surface area contributed by atoms with E-state index < -0.39 is 11.1 Å². The number of imidazole rings is 1. The third-order valence-electron chi connectivity index (χ3n) is 7.78. The van der Waals surface area contributed by atoms with Crippen LogP contribution in [0.3, 0.4) is 0 Å². The highest BCUT2D eigenvalue weighted by Gasteiger charge is 2.40. The summed E-state index contributed by atoms with van der Waals surface area (Å²) >= 11 is 0. The van der Waals surface area contributed by atoms with Gasteiger partial charge in [0.2, 0.25) is 0 Å².